The van der Waals surface area contributed by atoms with E-state index in [0.717, 1.165) is 67.7 Å². The Morgan fingerprint density at radius 1 is 1.24 bits per heavy atom. The van der Waals surface area contributed by atoms with E-state index < -0.39 is 0 Å². The molecule has 132 valence electrons. The van der Waals surface area contributed by atoms with Gasteiger partial charge in [0.15, 0.2) is 0 Å². The van der Waals surface area contributed by atoms with Crippen molar-refractivity contribution >= 4 is 22.5 Å². The summed E-state index contributed by atoms with van der Waals surface area (Å²) >= 11 is 0. The summed E-state index contributed by atoms with van der Waals surface area (Å²) in [5, 5.41) is 4.18. The third kappa shape index (κ3) is 3.39. The average molecular weight is 339 g/mol. The first kappa shape index (κ1) is 16.5. The minimum Gasteiger partial charge on any atom is -0.381 e. The van der Waals surface area contributed by atoms with Gasteiger partial charge in [-0.2, -0.15) is 0 Å². The van der Waals surface area contributed by atoms with Crippen LogP contribution in [0.15, 0.2) is 30.3 Å². The first-order valence-corrected chi connectivity index (χ1v) is 9.23. The molecule has 1 unspecified atom stereocenters. The summed E-state index contributed by atoms with van der Waals surface area (Å²) in [4.78, 5) is 20.0. The molecule has 0 aliphatic carbocycles. The van der Waals surface area contributed by atoms with Crippen LogP contribution in [0.5, 0.6) is 0 Å². The highest BCUT2D eigenvalue weighted by Gasteiger charge is 2.36. The van der Waals surface area contributed by atoms with Gasteiger partial charge in [-0.15, -0.1) is 0 Å². The van der Waals surface area contributed by atoms with Gasteiger partial charge in [0.2, 0.25) is 5.91 Å². The van der Waals surface area contributed by atoms with Gasteiger partial charge in [-0.3, -0.25) is 14.7 Å². The molecule has 0 radical (unpaired) electrons. The predicted molar refractivity (Wildman–Crippen MR) is 98.7 cm³/mol. The van der Waals surface area contributed by atoms with Crippen molar-refractivity contribution < 1.29 is 9.53 Å². The number of pyridine rings is 1. The lowest BCUT2D eigenvalue weighted by atomic mass is 10.1. The van der Waals surface area contributed by atoms with Crippen LogP contribution in [0.3, 0.4) is 0 Å². The summed E-state index contributed by atoms with van der Waals surface area (Å²) < 4.78 is 5.48. The molecule has 1 aromatic heterocycles. The Balaban J connectivity index is 1.55. The molecule has 5 nitrogen and oxygen atoms in total. The maximum atomic E-state index is 13.0. The molecule has 0 spiro atoms. The number of benzene rings is 1. The third-order valence-corrected chi connectivity index (χ3v) is 5.36. The fourth-order valence-corrected chi connectivity index (χ4v) is 4.15. The summed E-state index contributed by atoms with van der Waals surface area (Å²) in [6.07, 6.45) is 4.08. The number of nitrogens with one attached hydrogen (secondary N) is 1. The Bertz CT molecular complexity index is 771. The van der Waals surface area contributed by atoms with Crippen molar-refractivity contribution in [2.45, 2.75) is 44.7 Å². The Kier molecular flexibility index (Phi) is 4.68. The maximum Gasteiger partial charge on any atom is 0.241 e. The van der Waals surface area contributed by atoms with Crippen molar-refractivity contribution in [2.24, 2.45) is 0 Å². The van der Waals surface area contributed by atoms with Gasteiger partial charge in [0.05, 0.1) is 17.2 Å². The second-order valence-electron chi connectivity index (χ2n) is 7.06. The first-order valence-electron chi connectivity index (χ1n) is 9.23. The molecule has 1 N–H and O–H groups in total. The predicted octanol–water partition coefficient (Wildman–Crippen LogP) is 3.13. The monoisotopic (exact) mass is 339 g/mol. The van der Waals surface area contributed by atoms with Crippen LogP contribution in [-0.2, 0) is 9.53 Å². The van der Waals surface area contributed by atoms with Crippen LogP contribution in [0.4, 0.5) is 5.69 Å². The van der Waals surface area contributed by atoms with E-state index in [9.17, 15) is 4.79 Å². The van der Waals surface area contributed by atoms with Gasteiger partial charge in [-0.1, -0.05) is 18.2 Å². The van der Waals surface area contributed by atoms with E-state index in [-0.39, 0.29) is 11.9 Å². The SMILES string of the molecule is Cc1cc(NC(=O)C2CCCN2C2CCOCC2)c2ccccc2n1. The molecule has 2 saturated heterocycles. The van der Waals surface area contributed by atoms with Gasteiger partial charge < -0.3 is 10.1 Å². The number of likely N-dealkylation sites (tertiary alicyclic amines) is 1. The van der Waals surface area contributed by atoms with Crippen molar-refractivity contribution in [1.29, 1.82) is 0 Å². The zero-order valence-corrected chi connectivity index (χ0v) is 14.7. The lowest BCUT2D eigenvalue weighted by molar-refractivity contribution is -0.121. The van der Waals surface area contributed by atoms with E-state index in [1.165, 1.54) is 0 Å². The second-order valence-corrected chi connectivity index (χ2v) is 7.06. The highest BCUT2D eigenvalue weighted by Crippen LogP contribution is 2.28. The van der Waals surface area contributed by atoms with E-state index in [0.29, 0.717) is 6.04 Å². The van der Waals surface area contributed by atoms with Crippen LogP contribution < -0.4 is 5.32 Å². The Morgan fingerprint density at radius 3 is 2.88 bits per heavy atom. The Morgan fingerprint density at radius 2 is 2.04 bits per heavy atom. The van der Waals surface area contributed by atoms with E-state index in [2.05, 4.69) is 15.2 Å². The molecule has 25 heavy (non-hydrogen) atoms. The third-order valence-electron chi connectivity index (χ3n) is 5.36. The number of hydrogen-bond donors (Lipinski definition) is 1. The number of hydrogen-bond acceptors (Lipinski definition) is 4. The molecular weight excluding hydrogens is 314 g/mol. The summed E-state index contributed by atoms with van der Waals surface area (Å²) in [6.45, 7) is 4.60. The number of fused-ring (bicyclic) bond motifs is 1. The summed E-state index contributed by atoms with van der Waals surface area (Å²) in [5.74, 6) is 0.111. The van der Waals surface area contributed by atoms with Crippen molar-refractivity contribution in [3.63, 3.8) is 0 Å². The van der Waals surface area contributed by atoms with Gasteiger partial charge in [0.25, 0.3) is 0 Å². The van der Waals surface area contributed by atoms with Crippen LogP contribution >= 0.6 is 0 Å². The average Bonchev–Trinajstić information content (AvgIpc) is 3.12. The molecule has 0 bridgehead atoms. The highest BCUT2D eigenvalue weighted by molar-refractivity contribution is 6.03. The number of carbonyl (C=O) groups is 1. The van der Waals surface area contributed by atoms with E-state index in [1.54, 1.807) is 0 Å². The molecular formula is C20H25N3O2. The van der Waals surface area contributed by atoms with Gasteiger partial charge in [-0.25, -0.2) is 0 Å². The highest BCUT2D eigenvalue weighted by atomic mass is 16.5. The number of carbonyl (C=O) groups excluding carboxylic acids is 1. The first-order chi connectivity index (χ1) is 12.2. The standard InChI is InChI=1S/C20H25N3O2/c1-14-13-18(16-5-2-3-6-17(16)21-14)22-20(24)19-7-4-10-23(19)15-8-11-25-12-9-15/h2-3,5-6,13,15,19H,4,7-12H2,1H3,(H,21,22,24). The summed E-state index contributed by atoms with van der Waals surface area (Å²) in [7, 11) is 0. The molecule has 1 aromatic carbocycles. The number of rotatable bonds is 3. The number of aromatic nitrogens is 1. The van der Waals surface area contributed by atoms with Gasteiger partial charge >= 0.3 is 0 Å². The second kappa shape index (κ2) is 7.10. The summed E-state index contributed by atoms with van der Waals surface area (Å²) in [6, 6.07) is 10.4. The van der Waals surface area contributed by atoms with Crippen molar-refractivity contribution in [3.8, 4) is 0 Å². The Labute approximate surface area is 148 Å². The number of amides is 1. The van der Waals surface area contributed by atoms with Gasteiger partial charge in [0, 0.05) is 30.3 Å². The van der Waals surface area contributed by atoms with Crippen LogP contribution in [0.2, 0.25) is 0 Å². The lowest BCUT2D eigenvalue weighted by Gasteiger charge is -2.34. The molecule has 5 heteroatoms. The fraction of sp³-hybridized carbons (Fsp3) is 0.500. The molecule has 2 fully saturated rings. The number of anilines is 1. The maximum absolute atomic E-state index is 13.0. The normalized spacial score (nSPS) is 22.4. The topological polar surface area (TPSA) is 54.5 Å². The zero-order valence-electron chi connectivity index (χ0n) is 14.7. The van der Waals surface area contributed by atoms with Crippen LogP contribution in [0, 0.1) is 6.92 Å². The molecule has 2 aromatic rings. The lowest BCUT2D eigenvalue weighted by Crippen LogP contribution is -2.47. The fourth-order valence-electron chi connectivity index (χ4n) is 4.15. The van der Waals surface area contributed by atoms with E-state index in [4.69, 9.17) is 4.74 Å². The van der Waals surface area contributed by atoms with Gasteiger partial charge in [0.1, 0.15) is 0 Å². The van der Waals surface area contributed by atoms with Crippen LogP contribution in [0.25, 0.3) is 10.9 Å². The molecule has 3 heterocycles. The minimum atomic E-state index is -0.0321. The van der Waals surface area contributed by atoms with E-state index in [1.807, 2.05) is 37.3 Å². The molecule has 1 amide bonds. The molecule has 2 aliphatic rings. The van der Waals surface area contributed by atoms with Crippen LogP contribution in [-0.4, -0.2) is 47.6 Å². The van der Waals surface area contributed by atoms with Crippen molar-refractivity contribution in [2.75, 3.05) is 25.1 Å². The number of aryl methyl sites for hydroxylation is 1. The van der Waals surface area contributed by atoms with Crippen molar-refractivity contribution in [3.05, 3.63) is 36.0 Å². The van der Waals surface area contributed by atoms with Gasteiger partial charge in [-0.05, 0) is 51.3 Å². The molecule has 0 saturated carbocycles. The largest absolute Gasteiger partial charge is 0.381 e. The molecule has 1 atom stereocenters. The van der Waals surface area contributed by atoms with Crippen molar-refractivity contribution in [1.82, 2.24) is 9.88 Å². The number of nitrogens with zero attached hydrogens (tertiary/aromatic N) is 2. The smallest absolute Gasteiger partial charge is 0.241 e. The molecule has 4 rings (SSSR count). The molecule has 2 aliphatic heterocycles. The van der Waals surface area contributed by atoms with Crippen LogP contribution in [0.1, 0.15) is 31.4 Å². The number of ether oxygens (including phenoxy) is 1. The quantitative estimate of drug-likeness (QED) is 0.933. The Hall–Kier alpha value is -1.98. The minimum absolute atomic E-state index is 0.0321. The zero-order chi connectivity index (χ0) is 17.2. The van der Waals surface area contributed by atoms with E-state index >= 15 is 0 Å². The summed E-state index contributed by atoms with van der Waals surface area (Å²) in [5.41, 5.74) is 2.71. The number of para-hydroxylation sites is 1.